The fourth-order valence-electron chi connectivity index (χ4n) is 2.21. The number of rotatable bonds is 5. The first-order valence-corrected chi connectivity index (χ1v) is 7.63. The molecule has 4 heteroatoms. The summed E-state index contributed by atoms with van der Waals surface area (Å²) in [7, 11) is 0. The van der Waals surface area contributed by atoms with E-state index in [1.54, 1.807) is 6.07 Å². The number of hydrogen-bond acceptors (Lipinski definition) is 2. The molecule has 112 valence electrons. The highest BCUT2D eigenvalue weighted by atomic mass is 35.5. The summed E-state index contributed by atoms with van der Waals surface area (Å²) in [5, 5.41) is 1.09. The van der Waals surface area contributed by atoms with Crippen LogP contribution in [0.25, 0.3) is 0 Å². The average molecular weight is 324 g/mol. The number of benzene rings is 2. The largest absolute Gasteiger partial charge is 0.488 e. The van der Waals surface area contributed by atoms with Crippen LogP contribution in [0.2, 0.25) is 10.0 Å². The van der Waals surface area contributed by atoms with E-state index in [1.807, 2.05) is 38.1 Å². The molecule has 0 aliphatic rings. The van der Waals surface area contributed by atoms with E-state index in [4.69, 9.17) is 33.7 Å². The minimum absolute atomic E-state index is 0.0964. The maximum absolute atomic E-state index is 6.02. The van der Waals surface area contributed by atoms with E-state index in [0.29, 0.717) is 16.7 Å². The number of aryl methyl sites for hydroxylation is 1. The topological polar surface area (TPSA) is 35.2 Å². The first-order valence-electron chi connectivity index (χ1n) is 6.88. The molecular weight excluding hydrogens is 305 g/mol. The van der Waals surface area contributed by atoms with Gasteiger partial charge in [-0.1, -0.05) is 47.5 Å². The molecule has 0 amide bonds. The Morgan fingerprint density at radius 3 is 2.57 bits per heavy atom. The molecule has 2 aromatic carbocycles. The van der Waals surface area contributed by atoms with Gasteiger partial charge in [0.1, 0.15) is 12.4 Å². The van der Waals surface area contributed by atoms with Gasteiger partial charge in [0.25, 0.3) is 0 Å². The third-order valence-electron chi connectivity index (χ3n) is 3.20. The molecule has 1 unspecified atom stereocenters. The van der Waals surface area contributed by atoms with Crippen LogP contribution in [0.5, 0.6) is 5.75 Å². The van der Waals surface area contributed by atoms with Crippen LogP contribution in [0.15, 0.2) is 36.4 Å². The normalized spacial score (nSPS) is 12.2. The van der Waals surface area contributed by atoms with Crippen molar-refractivity contribution in [2.24, 2.45) is 5.73 Å². The van der Waals surface area contributed by atoms with Crippen molar-refractivity contribution in [3.8, 4) is 5.75 Å². The third kappa shape index (κ3) is 4.37. The SMILES string of the molecule is Cc1cccc(CC(C)N)c1OCc1ccc(Cl)c(Cl)c1. The lowest BCUT2D eigenvalue weighted by Crippen LogP contribution is -2.18. The predicted octanol–water partition coefficient (Wildman–Crippen LogP) is 4.77. The molecule has 2 nitrogen and oxygen atoms in total. The van der Waals surface area contributed by atoms with Crippen LogP contribution in [0.4, 0.5) is 0 Å². The van der Waals surface area contributed by atoms with E-state index in [2.05, 4.69) is 6.07 Å². The van der Waals surface area contributed by atoms with Gasteiger partial charge in [0.2, 0.25) is 0 Å². The third-order valence-corrected chi connectivity index (χ3v) is 3.94. The van der Waals surface area contributed by atoms with Crippen LogP contribution < -0.4 is 10.5 Å². The van der Waals surface area contributed by atoms with E-state index in [1.165, 1.54) is 0 Å². The van der Waals surface area contributed by atoms with Crippen molar-refractivity contribution in [1.82, 2.24) is 0 Å². The summed E-state index contributed by atoms with van der Waals surface area (Å²) in [5.74, 6) is 0.904. The molecule has 2 rings (SSSR count). The van der Waals surface area contributed by atoms with Gasteiger partial charge >= 0.3 is 0 Å². The van der Waals surface area contributed by atoms with E-state index < -0.39 is 0 Å². The summed E-state index contributed by atoms with van der Waals surface area (Å²) in [5.41, 5.74) is 9.12. The monoisotopic (exact) mass is 323 g/mol. The summed E-state index contributed by atoms with van der Waals surface area (Å²) in [6, 6.07) is 11.7. The van der Waals surface area contributed by atoms with E-state index in [-0.39, 0.29) is 6.04 Å². The van der Waals surface area contributed by atoms with E-state index >= 15 is 0 Å². The van der Waals surface area contributed by atoms with Crippen molar-refractivity contribution in [1.29, 1.82) is 0 Å². The molecule has 1 atom stereocenters. The molecule has 0 saturated heterocycles. The lowest BCUT2D eigenvalue weighted by molar-refractivity contribution is 0.300. The summed E-state index contributed by atoms with van der Waals surface area (Å²) < 4.78 is 5.99. The van der Waals surface area contributed by atoms with Gasteiger partial charge in [0.05, 0.1) is 10.0 Å². The standard InChI is InChI=1S/C17H19Cl2NO/c1-11-4-3-5-14(8-12(2)20)17(11)21-10-13-6-7-15(18)16(19)9-13/h3-7,9,12H,8,10,20H2,1-2H3. The Labute approximate surface area is 135 Å². The van der Waals surface area contributed by atoms with Crippen molar-refractivity contribution in [3.05, 3.63) is 63.1 Å². The fourth-order valence-corrected chi connectivity index (χ4v) is 2.53. The van der Waals surface area contributed by atoms with Gasteiger partial charge in [-0.3, -0.25) is 0 Å². The Hall–Kier alpha value is -1.22. The minimum Gasteiger partial charge on any atom is -0.488 e. The Kier molecular flexibility index (Phi) is 5.51. The highest BCUT2D eigenvalue weighted by molar-refractivity contribution is 6.42. The van der Waals surface area contributed by atoms with Crippen LogP contribution in [0.3, 0.4) is 0 Å². The van der Waals surface area contributed by atoms with Gasteiger partial charge < -0.3 is 10.5 Å². The molecule has 0 radical (unpaired) electrons. The Morgan fingerprint density at radius 2 is 1.90 bits per heavy atom. The first-order chi connectivity index (χ1) is 9.97. The van der Waals surface area contributed by atoms with E-state index in [0.717, 1.165) is 28.9 Å². The van der Waals surface area contributed by atoms with Crippen molar-refractivity contribution < 1.29 is 4.74 Å². The van der Waals surface area contributed by atoms with Gasteiger partial charge in [-0.15, -0.1) is 0 Å². The van der Waals surface area contributed by atoms with Gasteiger partial charge in [-0.25, -0.2) is 0 Å². The first kappa shape index (κ1) is 16.2. The van der Waals surface area contributed by atoms with Crippen molar-refractivity contribution >= 4 is 23.2 Å². The summed E-state index contributed by atoms with van der Waals surface area (Å²) in [6.45, 7) is 4.48. The molecule has 0 fully saturated rings. The van der Waals surface area contributed by atoms with Crippen molar-refractivity contribution in [2.45, 2.75) is 32.9 Å². The van der Waals surface area contributed by atoms with Crippen molar-refractivity contribution in [3.63, 3.8) is 0 Å². The van der Waals surface area contributed by atoms with Crippen LogP contribution in [0, 0.1) is 6.92 Å². The summed E-state index contributed by atoms with van der Waals surface area (Å²) in [4.78, 5) is 0. The van der Waals surface area contributed by atoms with Crippen LogP contribution in [-0.2, 0) is 13.0 Å². The molecule has 0 aliphatic carbocycles. The second-order valence-electron chi connectivity index (χ2n) is 5.28. The highest BCUT2D eigenvalue weighted by Crippen LogP contribution is 2.27. The highest BCUT2D eigenvalue weighted by Gasteiger charge is 2.09. The maximum atomic E-state index is 6.02. The zero-order valence-electron chi connectivity index (χ0n) is 12.2. The van der Waals surface area contributed by atoms with Crippen LogP contribution >= 0.6 is 23.2 Å². The fraction of sp³-hybridized carbons (Fsp3) is 0.294. The molecule has 0 bridgehead atoms. The number of para-hydroxylation sites is 1. The average Bonchev–Trinajstić information content (AvgIpc) is 2.41. The lowest BCUT2D eigenvalue weighted by Gasteiger charge is -2.16. The summed E-state index contributed by atoms with van der Waals surface area (Å²) in [6.07, 6.45) is 0.790. The molecule has 0 aliphatic heterocycles. The van der Waals surface area contributed by atoms with Gasteiger partial charge in [0, 0.05) is 6.04 Å². The van der Waals surface area contributed by atoms with Gasteiger partial charge in [-0.2, -0.15) is 0 Å². The molecule has 0 heterocycles. The lowest BCUT2D eigenvalue weighted by atomic mass is 10.0. The second-order valence-corrected chi connectivity index (χ2v) is 6.10. The van der Waals surface area contributed by atoms with Crippen molar-refractivity contribution in [2.75, 3.05) is 0 Å². The Morgan fingerprint density at radius 1 is 1.14 bits per heavy atom. The summed E-state index contributed by atoms with van der Waals surface area (Å²) >= 11 is 11.9. The molecule has 0 aromatic heterocycles. The molecular formula is C17H19Cl2NO. The minimum atomic E-state index is 0.0964. The maximum Gasteiger partial charge on any atom is 0.125 e. The van der Waals surface area contributed by atoms with Gasteiger partial charge in [0.15, 0.2) is 0 Å². The Balaban J connectivity index is 2.17. The number of hydrogen-bond donors (Lipinski definition) is 1. The molecule has 21 heavy (non-hydrogen) atoms. The number of ether oxygens (including phenoxy) is 1. The zero-order chi connectivity index (χ0) is 15.4. The predicted molar refractivity (Wildman–Crippen MR) is 89.3 cm³/mol. The van der Waals surface area contributed by atoms with E-state index in [9.17, 15) is 0 Å². The molecule has 0 saturated carbocycles. The zero-order valence-corrected chi connectivity index (χ0v) is 13.7. The van der Waals surface area contributed by atoms with Gasteiger partial charge in [-0.05, 0) is 49.1 Å². The molecule has 2 aromatic rings. The molecule has 0 spiro atoms. The van der Waals surface area contributed by atoms with Crippen LogP contribution in [-0.4, -0.2) is 6.04 Å². The number of halogens is 2. The van der Waals surface area contributed by atoms with Crippen LogP contribution in [0.1, 0.15) is 23.6 Å². The second kappa shape index (κ2) is 7.17. The smallest absolute Gasteiger partial charge is 0.125 e. The molecule has 2 N–H and O–H groups in total. The Bertz CT molecular complexity index is 626. The number of nitrogens with two attached hydrogens (primary N) is 1. The quantitative estimate of drug-likeness (QED) is 0.860.